The summed E-state index contributed by atoms with van der Waals surface area (Å²) in [5, 5.41) is 0. The molecule has 1 saturated heterocycles. The molecule has 2 N–H and O–H groups in total. The van der Waals surface area contributed by atoms with Crippen molar-refractivity contribution in [2.45, 2.75) is 12.8 Å². The van der Waals surface area contributed by atoms with Gasteiger partial charge in [-0.1, -0.05) is 12.1 Å². The van der Waals surface area contributed by atoms with E-state index in [-0.39, 0.29) is 0 Å². The Balaban J connectivity index is 1.71. The van der Waals surface area contributed by atoms with Gasteiger partial charge in [-0.15, -0.1) is 0 Å². The van der Waals surface area contributed by atoms with Gasteiger partial charge in [-0.25, -0.2) is 8.42 Å². The fourth-order valence-corrected chi connectivity index (χ4v) is 3.37. The summed E-state index contributed by atoms with van der Waals surface area (Å²) in [5.74, 6) is 0. The highest BCUT2D eigenvalue weighted by molar-refractivity contribution is 7.88. The van der Waals surface area contributed by atoms with Crippen molar-refractivity contribution in [1.82, 2.24) is 9.21 Å². The molecule has 0 unspecified atom stereocenters. The molecule has 1 aromatic rings. The number of piperazine rings is 1. The van der Waals surface area contributed by atoms with Crippen LogP contribution in [0.15, 0.2) is 24.3 Å². The highest BCUT2D eigenvalue weighted by Crippen LogP contribution is 2.11. The number of benzene rings is 1. The Labute approximate surface area is 121 Å². The summed E-state index contributed by atoms with van der Waals surface area (Å²) in [5.41, 5.74) is 7.83. The fourth-order valence-electron chi connectivity index (χ4n) is 2.54. The monoisotopic (exact) mass is 297 g/mol. The van der Waals surface area contributed by atoms with E-state index >= 15 is 0 Å². The zero-order chi connectivity index (χ0) is 14.6. The fraction of sp³-hybridized carbons (Fsp3) is 0.571. The van der Waals surface area contributed by atoms with E-state index in [4.69, 9.17) is 5.73 Å². The Hall–Kier alpha value is -1.11. The number of hydrogen-bond acceptors (Lipinski definition) is 4. The Kier molecular flexibility index (Phi) is 5.01. The third kappa shape index (κ3) is 4.47. The minimum atomic E-state index is -3.02. The molecule has 0 spiro atoms. The van der Waals surface area contributed by atoms with Crippen molar-refractivity contribution in [3.8, 4) is 0 Å². The molecule has 0 amide bonds. The quantitative estimate of drug-likeness (QED) is 0.816. The Morgan fingerprint density at radius 2 is 1.90 bits per heavy atom. The van der Waals surface area contributed by atoms with Gasteiger partial charge in [0.1, 0.15) is 0 Å². The van der Waals surface area contributed by atoms with Crippen LogP contribution in [0, 0.1) is 0 Å². The maximum absolute atomic E-state index is 11.4. The third-order valence-corrected chi connectivity index (χ3v) is 4.99. The summed E-state index contributed by atoms with van der Waals surface area (Å²) in [6.45, 7) is 3.87. The molecule has 0 radical (unpaired) electrons. The second-order valence-corrected chi connectivity index (χ2v) is 7.33. The van der Waals surface area contributed by atoms with Crippen LogP contribution in [0.3, 0.4) is 0 Å². The van der Waals surface area contributed by atoms with Gasteiger partial charge in [-0.3, -0.25) is 0 Å². The summed E-state index contributed by atoms with van der Waals surface area (Å²) in [6.07, 6.45) is 3.36. The first kappa shape index (κ1) is 15.3. The average Bonchev–Trinajstić information content (AvgIpc) is 2.38. The molecule has 0 bridgehead atoms. The van der Waals surface area contributed by atoms with Gasteiger partial charge in [0, 0.05) is 31.9 Å². The molecule has 20 heavy (non-hydrogen) atoms. The smallest absolute Gasteiger partial charge is 0.211 e. The number of sulfonamides is 1. The molecule has 0 aromatic heterocycles. The number of anilines is 1. The van der Waals surface area contributed by atoms with Crippen molar-refractivity contribution >= 4 is 15.7 Å². The molecule has 0 saturated carbocycles. The van der Waals surface area contributed by atoms with Gasteiger partial charge in [0.2, 0.25) is 10.0 Å². The highest BCUT2D eigenvalue weighted by atomic mass is 32.2. The van der Waals surface area contributed by atoms with Crippen LogP contribution >= 0.6 is 0 Å². The summed E-state index contributed by atoms with van der Waals surface area (Å²) >= 11 is 0. The molecule has 1 fully saturated rings. The van der Waals surface area contributed by atoms with Crippen LogP contribution in [0.5, 0.6) is 0 Å². The molecular formula is C14H23N3O2S. The van der Waals surface area contributed by atoms with Gasteiger partial charge in [-0.05, 0) is 37.1 Å². The molecule has 2 rings (SSSR count). The predicted octanol–water partition coefficient (Wildman–Crippen LogP) is 0.779. The van der Waals surface area contributed by atoms with E-state index in [9.17, 15) is 8.42 Å². The Morgan fingerprint density at radius 1 is 1.20 bits per heavy atom. The number of nitrogens with two attached hydrogens (primary N) is 1. The predicted molar refractivity (Wildman–Crippen MR) is 82.0 cm³/mol. The number of nitrogen functional groups attached to an aromatic ring is 1. The molecule has 0 aliphatic carbocycles. The third-order valence-electron chi connectivity index (χ3n) is 3.69. The number of rotatable bonds is 5. The lowest BCUT2D eigenvalue weighted by Crippen LogP contribution is -2.48. The maximum atomic E-state index is 11.4. The summed E-state index contributed by atoms with van der Waals surface area (Å²) in [6, 6.07) is 7.99. The van der Waals surface area contributed by atoms with Gasteiger partial charge in [-0.2, -0.15) is 4.31 Å². The lowest BCUT2D eigenvalue weighted by atomic mass is 10.1. The van der Waals surface area contributed by atoms with E-state index < -0.39 is 10.0 Å². The largest absolute Gasteiger partial charge is 0.399 e. The van der Waals surface area contributed by atoms with Gasteiger partial charge < -0.3 is 10.6 Å². The zero-order valence-electron chi connectivity index (χ0n) is 12.0. The van der Waals surface area contributed by atoms with Crippen molar-refractivity contribution in [2.24, 2.45) is 0 Å². The Bertz CT molecular complexity index is 537. The highest BCUT2D eigenvalue weighted by Gasteiger charge is 2.22. The Morgan fingerprint density at radius 3 is 2.50 bits per heavy atom. The molecule has 112 valence electrons. The molecule has 1 aliphatic rings. The van der Waals surface area contributed by atoms with Crippen LogP contribution in [0.2, 0.25) is 0 Å². The van der Waals surface area contributed by atoms with Gasteiger partial charge >= 0.3 is 0 Å². The second kappa shape index (κ2) is 6.56. The molecular weight excluding hydrogens is 274 g/mol. The minimum Gasteiger partial charge on any atom is -0.399 e. The van der Waals surface area contributed by atoms with Crippen LogP contribution in [-0.2, 0) is 16.4 Å². The molecule has 6 heteroatoms. The van der Waals surface area contributed by atoms with Crippen LogP contribution in [0.1, 0.15) is 12.0 Å². The minimum absolute atomic E-state index is 0.608. The number of hydrogen-bond donors (Lipinski definition) is 1. The molecule has 1 heterocycles. The van der Waals surface area contributed by atoms with E-state index in [1.54, 1.807) is 4.31 Å². The molecule has 0 atom stereocenters. The number of aryl methyl sites for hydroxylation is 1. The lowest BCUT2D eigenvalue weighted by molar-refractivity contribution is 0.187. The van der Waals surface area contributed by atoms with E-state index in [0.717, 1.165) is 38.2 Å². The first-order valence-electron chi connectivity index (χ1n) is 6.97. The summed E-state index contributed by atoms with van der Waals surface area (Å²) in [4.78, 5) is 2.33. The van der Waals surface area contributed by atoms with Gasteiger partial charge in [0.05, 0.1) is 6.26 Å². The van der Waals surface area contributed by atoms with Crippen molar-refractivity contribution in [3.63, 3.8) is 0 Å². The van der Waals surface area contributed by atoms with Gasteiger partial charge in [0.25, 0.3) is 0 Å². The normalized spacial score (nSPS) is 18.2. The van der Waals surface area contributed by atoms with Gasteiger partial charge in [0.15, 0.2) is 0 Å². The van der Waals surface area contributed by atoms with E-state index in [1.165, 1.54) is 11.8 Å². The van der Waals surface area contributed by atoms with Crippen molar-refractivity contribution in [3.05, 3.63) is 29.8 Å². The van der Waals surface area contributed by atoms with Crippen molar-refractivity contribution in [1.29, 1.82) is 0 Å². The maximum Gasteiger partial charge on any atom is 0.211 e. The van der Waals surface area contributed by atoms with Crippen LogP contribution in [0.4, 0.5) is 5.69 Å². The average molecular weight is 297 g/mol. The molecule has 5 nitrogen and oxygen atoms in total. The molecule has 1 aromatic carbocycles. The first-order valence-corrected chi connectivity index (χ1v) is 8.82. The van der Waals surface area contributed by atoms with E-state index in [1.807, 2.05) is 18.2 Å². The van der Waals surface area contributed by atoms with E-state index in [0.29, 0.717) is 13.1 Å². The number of nitrogens with zero attached hydrogens (tertiary/aromatic N) is 2. The summed E-state index contributed by atoms with van der Waals surface area (Å²) < 4.78 is 24.4. The van der Waals surface area contributed by atoms with Crippen LogP contribution < -0.4 is 5.73 Å². The second-order valence-electron chi connectivity index (χ2n) is 5.35. The standard InChI is InChI=1S/C14H23N3O2S/c1-20(18,19)17-10-8-16(9-11-17)7-3-5-13-4-2-6-14(15)12-13/h2,4,6,12H,3,5,7-11,15H2,1H3. The first-order chi connectivity index (χ1) is 9.45. The van der Waals surface area contributed by atoms with Crippen LogP contribution in [0.25, 0.3) is 0 Å². The zero-order valence-corrected chi connectivity index (χ0v) is 12.8. The SMILES string of the molecule is CS(=O)(=O)N1CCN(CCCc2cccc(N)c2)CC1. The van der Waals surface area contributed by atoms with Crippen molar-refractivity contribution < 1.29 is 8.42 Å². The van der Waals surface area contributed by atoms with Crippen LogP contribution in [-0.4, -0.2) is 56.6 Å². The lowest BCUT2D eigenvalue weighted by Gasteiger charge is -2.33. The summed E-state index contributed by atoms with van der Waals surface area (Å²) in [7, 11) is -3.02. The topological polar surface area (TPSA) is 66.6 Å². The molecule has 1 aliphatic heterocycles. The van der Waals surface area contributed by atoms with Crippen molar-refractivity contribution in [2.75, 3.05) is 44.7 Å². The van der Waals surface area contributed by atoms with E-state index in [2.05, 4.69) is 11.0 Å².